The molecule has 1 fully saturated rings. The van der Waals surface area contributed by atoms with Gasteiger partial charge in [0, 0.05) is 24.2 Å². The van der Waals surface area contributed by atoms with Crippen LogP contribution in [-0.4, -0.2) is 41.4 Å². The van der Waals surface area contributed by atoms with E-state index in [1.807, 2.05) is 0 Å². The van der Waals surface area contributed by atoms with Gasteiger partial charge in [0.15, 0.2) is 0 Å². The number of carbonyl (C=O) groups is 1. The molecule has 190 valence electrons. The van der Waals surface area contributed by atoms with Crippen LogP contribution in [0.2, 0.25) is 0 Å². The van der Waals surface area contributed by atoms with Crippen molar-refractivity contribution in [3.8, 4) is 5.69 Å². The molecule has 1 aromatic heterocycles. The van der Waals surface area contributed by atoms with Gasteiger partial charge in [-0.05, 0) is 86.2 Å². The highest BCUT2D eigenvalue weighted by molar-refractivity contribution is 7.89. The highest BCUT2D eigenvalue weighted by atomic mass is 32.2. The lowest BCUT2D eigenvalue weighted by Gasteiger charge is -2.48. The third-order valence-electron chi connectivity index (χ3n) is 7.46. The third kappa shape index (κ3) is 4.03. The second kappa shape index (κ2) is 8.52. The number of alkyl halides is 3. The predicted octanol–water partition coefficient (Wildman–Crippen LogP) is 4.42. The molecule has 3 aromatic rings. The second-order valence-corrected chi connectivity index (χ2v) is 11.4. The van der Waals surface area contributed by atoms with Crippen molar-refractivity contribution in [1.29, 1.82) is 0 Å². The van der Waals surface area contributed by atoms with E-state index in [0.717, 1.165) is 35.5 Å². The summed E-state index contributed by atoms with van der Waals surface area (Å²) < 4.78 is 81.8. The fraction of sp³-hybridized carbons (Fsp3) is 0.360. The average Bonchev–Trinajstić information content (AvgIpc) is 3.24. The molecule has 1 aliphatic carbocycles. The van der Waals surface area contributed by atoms with Crippen molar-refractivity contribution in [2.24, 2.45) is 11.3 Å². The highest BCUT2D eigenvalue weighted by Gasteiger charge is 2.52. The summed E-state index contributed by atoms with van der Waals surface area (Å²) in [6.07, 6.45) is -1.71. The van der Waals surface area contributed by atoms with E-state index in [1.165, 1.54) is 23.4 Å². The number of nitrogens with zero attached hydrogens (tertiary/aromatic N) is 3. The Morgan fingerprint density at radius 3 is 2.36 bits per heavy atom. The van der Waals surface area contributed by atoms with Crippen molar-refractivity contribution in [2.75, 3.05) is 13.1 Å². The first-order valence-electron chi connectivity index (χ1n) is 11.4. The molecule has 0 saturated carbocycles. The molecular weight excluding hydrogens is 498 g/mol. The summed E-state index contributed by atoms with van der Waals surface area (Å²) >= 11 is 0. The van der Waals surface area contributed by atoms with Crippen molar-refractivity contribution in [3.63, 3.8) is 0 Å². The van der Waals surface area contributed by atoms with E-state index in [1.54, 1.807) is 23.0 Å². The molecule has 1 saturated heterocycles. The molecule has 1 aliphatic heterocycles. The minimum atomic E-state index is -4.57. The Labute approximate surface area is 205 Å². The average molecular weight is 522 g/mol. The lowest BCUT2D eigenvalue weighted by Crippen LogP contribution is -2.57. The third-order valence-corrected chi connectivity index (χ3v) is 9.32. The summed E-state index contributed by atoms with van der Waals surface area (Å²) in [6, 6.07) is 9.33. The normalized spacial score (nSPS) is 22.6. The van der Waals surface area contributed by atoms with E-state index in [0.29, 0.717) is 24.9 Å². The first kappa shape index (κ1) is 24.6. The van der Waals surface area contributed by atoms with Gasteiger partial charge in [-0.1, -0.05) is 0 Å². The summed E-state index contributed by atoms with van der Waals surface area (Å²) in [5, 5.41) is 4.45. The molecule has 11 heteroatoms. The highest BCUT2D eigenvalue weighted by Crippen LogP contribution is 2.47. The number of aromatic nitrogens is 2. The lowest BCUT2D eigenvalue weighted by atomic mass is 9.61. The van der Waals surface area contributed by atoms with Crippen LogP contribution in [-0.2, 0) is 33.8 Å². The topological polar surface area (TPSA) is 72.3 Å². The van der Waals surface area contributed by atoms with Crippen LogP contribution in [0.4, 0.5) is 17.6 Å². The van der Waals surface area contributed by atoms with Crippen LogP contribution in [0.3, 0.4) is 0 Å². The van der Waals surface area contributed by atoms with Crippen LogP contribution in [0.5, 0.6) is 0 Å². The van der Waals surface area contributed by atoms with E-state index in [9.17, 15) is 30.8 Å². The van der Waals surface area contributed by atoms with Crippen LogP contribution in [0.1, 0.15) is 30.2 Å². The standard InChI is InChI=1S/C25H23F4N3O3S/c1-16(33)24-13-17-14-30-32(21-6-4-20(26)5-7-21)23(17)12-19(24)10-11-31(15-24)36(34,35)22-8-2-18(3-9-22)25(27,28)29/h2-9,14,19H,10-13,15H2,1H3/t19-,24+/m0/s1. The molecular formula is C25H23F4N3O3S. The molecule has 0 radical (unpaired) electrons. The van der Waals surface area contributed by atoms with Crippen molar-refractivity contribution in [1.82, 2.24) is 14.1 Å². The summed E-state index contributed by atoms with van der Waals surface area (Å²) in [7, 11) is -4.11. The van der Waals surface area contributed by atoms with Crippen LogP contribution in [0, 0.1) is 17.2 Å². The van der Waals surface area contributed by atoms with Gasteiger partial charge in [0.05, 0.1) is 22.3 Å². The van der Waals surface area contributed by atoms with Crippen molar-refractivity contribution in [3.05, 3.63) is 77.4 Å². The molecule has 2 atom stereocenters. The van der Waals surface area contributed by atoms with E-state index in [4.69, 9.17) is 0 Å². The number of halogens is 4. The van der Waals surface area contributed by atoms with Crippen molar-refractivity contribution >= 4 is 15.8 Å². The molecule has 2 heterocycles. The van der Waals surface area contributed by atoms with E-state index in [2.05, 4.69) is 5.10 Å². The van der Waals surface area contributed by atoms with Gasteiger partial charge in [-0.3, -0.25) is 4.79 Å². The van der Waals surface area contributed by atoms with Gasteiger partial charge in [-0.15, -0.1) is 0 Å². The first-order valence-corrected chi connectivity index (χ1v) is 12.9. The minimum absolute atomic E-state index is 0.0580. The smallest absolute Gasteiger partial charge is 0.299 e. The van der Waals surface area contributed by atoms with Crippen LogP contribution < -0.4 is 0 Å². The number of carbonyl (C=O) groups excluding carboxylic acids is 1. The van der Waals surface area contributed by atoms with Crippen LogP contribution >= 0.6 is 0 Å². The number of benzene rings is 2. The van der Waals surface area contributed by atoms with Gasteiger partial charge in [-0.25, -0.2) is 17.5 Å². The van der Waals surface area contributed by atoms with Gasteiger partial charge in [0.2, 0.25) is 10.0 Å². The van der Waals surface area contributed by atoms with Crippen LogP contribution in [0.15, 0.2) is 59.6 Å². The Balaban J connectivity index is 1.46. The predicted molar refractivity (Wildman–Crippen MR) is 122 cm³/mol. The molecule has 0 spiro atoms. The number of rotatable bonds is 4. The molecule has 0 amide bonds. The quantitative estimate of drug-likeness (QED) is 0.477. The van der Waals surface area contributed by atoms with Crippen molar-refractivity contribution in [2.45, 2.75) is 37.3 Å². The number of fused-ring (bicyclic) bond motifs is 2. The van der Waals surface area contributed by atoms with E-state index in [-0.39, 0.29) is 35.5 Å². The first-order chi connectivity index (χ1) is 16.9. The fourth-order valence-corrected chi connectivity index (χ4v) is 6.97. The Bertz CT molecular complexity index is 1420. The molecule has 0 unspecified atom stereocenters. The van der Waals surface area contributed by atoms with Gasteiger partial charge >= 0.3 is 6.18 Å². The Morgan fingerprint density at radius 1 is 1.08 bits per heavy atom. The van der Waals surface area contributed by atoms with Gasteiger partial charge in [0.1, 0.15) is 11.6 Å². The summed E-state index contributed by atoms with van der Waals surface area (Å²) in [6.45, 7) is 1.54. The molecule has 6 nitrogen and oxygen atoms in total. The summed E-state index contributed by atoms with van der Waals surface area (Å²) in [5.74, 6) is -0.644. The molecule has 36 heavy (non-hydrogen) atoms. The minimum Gasteiger partial charge on any atom is -0.299 e. The molecule has 5 rings (SSSR count). The Kier molecular flexibility index (Phi) is 5.83. The fourth-order valence-electron chi connectivity index (χ4n) is 5.44. The number of sulfonamides is 1. The zero-order valence-electron chi connectivity index (χ0n) is 19.3. The van der Waals surface area contributed by atoms with Gasteiger partial charge < -0.3 is 0 Å². The number of Topliss-reactive ketones (excluding diaryl/α,β-unsaturated/α-hetero) is 1. The maximum Gasteiger partial charge on any atom is 0.416 e. The van der Waals surface area contributed by atoms with Gasteiger partial charge in [-0.2, -0.15) is 22.6 Å². The summed E-state index contributed by atoms with van der Waals surface area (Å²) in [4.78, 5) is 12.8. The second-order valence-electron chi connectivity index (χ2n) is 9.44. The molecule has 0 N–H and O–H groups in total. The van der Waals surface area contributed by atoms with Crippen molar-refractivity contribution < 1.29 is 30.8 Å². The summed E-state index contributed by atoms with van der Waals surface area (Å²) in [5.41, 5.74) is 0.511. The van der Waals surface area contributed by atoms with E-state index >= 15 is 0 Å². The van der Waals surface area contributed by atoms with E-state index < -0.39 is 27.2 Å². The number of ketones is 1. The Morgan fingerprint density at radius 2 is 1.75 bits per heavy atom. The lowest BCUT2D eigenvalue weighted by molar-refractivity contribution is -0.137. The largest absolute Gasteiger partial charge is 0.416 e. The number of hydrogen-bond donors (Lipinski definition) is 0. The van der Waals surface area contributed by atoms with Gasteiger partial charge in [0.25, 0.3) is 0 Å². The maximum absolute atomic E-state index is 13.4. The molecule has 2 aliphatic rings. The number of piperidine rings is 1. The SMILES string of the molecule is CC(=O)[C@]12Cc3cnn(-c4ccc(F)cc4)c3C[C@@H]1CCN(S(=O)(=O)c1ccc(C(F)(F)F)cc1)C2. The van der Waals surface area contributed by atoms with Crippen LogP contribution in [0.25, 0.3) is 5.69 Å². The number of hydrogen-bond acceptors (Lipinski definition) is 4. The Hall–Kier alpha value is -3.05. The zero-order valence-corrected chi connectivity index (χ0v) is 20.1. The zero-order chi connectivity index (χ0) is 25.9. The molecule has 0 bridgehead atoms. The molecule has 2 aromatic carbocycles. The monoisotopic (exact) mass is 521 g/mol. The maximum atomic E-state index is 13.4.